The Morgan fingerprint density at radius 1 is 1.52 bits per heavy atom. The molecule has 0 spiro atoms. The number of allylic oxidation sites excluding steroid dienone is 2. The number of rotatable bonds is 2. The van der Waals surface area contributed by atoms with Crippen molar-refractivity contribution in [3.63, 3.8) is 0 Å². The summed E-state index contributed by atoms with van der Waals surface area (Å²) in [7, 11) is 1.24. The standard InChI is InChI=1S/C15H13ClN2O3/c1-8-11(7-17)12(9-4-3-5-10(16)6-9)13(14(18)21-8)15(19)20-2/h3-6,12H,18H2,1-2H3/t12-/m0/s1. The number of halogens is 1. The topological polar surface area (TPSA) is 85.3 Å². The Balaban J connectivity index is 2.66. The van der Waals surface area contributed by atoms with Gasteiger partial charge < -0.3 is 15.2 Å². The Morgan fingerprint density at radius 3 is 2.81 bits per heavy atom. The zero-order valence-corrected chi connectivity index (χ0v) is 12.3. The number of nitrogens with zero attached hydrogens (tertiary/aromatic N) is 1. The van der Waals surface area contributed by atoms with Gasteiger partial charge in [0.05, 0.1) is 24.7 Å². The third-order valence-corrected chi connectivity index (χ3v) is 3.43. The summed E-state index contributed by atoms with van der Waals surface area (Å²) in [5.74, 6) is -1.01. The van der Waals surface area contributed by atoms with Crippen molar-refractivity contribution in [2.45, 2.75) is 12.8 Å². The first-order valence-electron chi connectivity index (χ1n) is 6.11. The third-order valence-electron chi connectivity index (χ3n) is 3.19. The van der Waals surface area contributed by atoms with Crippen LogP contribution in [0.3, 0.4) is 0 Å². The first-order valence-corrected chi connectivity index (χ1v) is 6.49. The van der Waals surface area contributed by atoms with E-state index in [1.165, 1.54) is 7.11 Å². The van der Waals surface area contributed by atoms with Crippen molar-refractivity contribution < 1.29 is 14.3 Å². The predicted molar refractivity (Wildman–Crippen MR) is 76.8 cm³/mol. The summed E-state index contributed by atoms with van der Waals surface area (Å²) in [6.45, 7) is 1.62. The molecule has 1 aromatic rings. The summed E-state index contributed by atoms with van der Waals surface area (Å²) in [6, 6.07) is 8.96. The maximum absolute atomic E-state index is 12.0. The maximum Gasteiger partial charge on any atom is 0.340 e. The van der Waals surface area contributed by atoms with Gasteiger partial charge in [0.1, 0.15) is 11.3 Å². The molecule has 0 aromatic heterocycles. The minimum Gasteiger partial charge on any atom is -0.465 e. The Bertz CT molecular complexity index is 701. The van der Waals surface area contributed by atoms with Crippen molar-refractivity contribution in [3.8, 4) is 6.07 Å². The van der Waals surface area contributed by atoms with Gasteiger partial charge in [-0.3, -0.25) is 0 Å². The van der Waals surface area contributed by atoms with Gasteiger partial charge in [-0.25, -0.2) is 4.79 Å². The number of nitriles is 1. The summed E-state index contributed by atoms with van der Waals surface area (Å²) < 4.78 is 10.0. The lowest BCUT2D eigenvalue weighted by molar-refractivity contribution is -0.136. The molecule has 0 unspecified atom stereocenters. The molecule has 2 rings (SSSR count). The van der Waals surface area contributed by atoms with E-state index in [0.29, 0.717) is 21.9 Å². The molecule has 0 radical (unpaired) electrons. The van der Waals surface area contributed by atoms with Crippen molar-refractivity contribution in [2.24, 2.45) is 5.73 Å². The van der Waals surface area contributed by atoms with E-state index in [-0.39, 0.29) is 11.5 Å². The van der Waals surface area contributed by atoms with Gasteiger partial charge in [-0.2, -0.15) is 5.26 Å². The Hall–Kier alpha value is -2.45. The second-order valence-corrected chi connectivity index (χ2v) is 4.88. The molecule has 6 heteroatoms. The number of ether oxygens (including phenoxy) is 2. The van der Waals surface area contributed by atoms with E-state index in [0.717, 1.165) is 0 Å². The van der Waals surface area contributed by atoms with Crippen LogP contribution in [0.4, 0.5) is 0 Å². The molecule has 2 N–H and O–H groups in total. The lowest BCUT2D eigenvalue weighted by Gasteiger charge is -2.26. The number of nitrogens with two attached hydrogens (primary N) is 1. The number of esters is 1. The van der Waals surface area contributed by atoms with E-state index in [1.54, 1.807) is 31.2 Å². The van der Waals surface area contributed by atoms with Crippen molar-refractivity contribution >= 4 is 17.6 Å². The van der Waals surface area contributed by atoms with Crippen LogP contribution in [0.1, 0.15) is 18.4 Å². The lowest BCUT2D eigenvalue weighted by Crippen LogP contribution is -2.25. The Morgan fingerprint density at radius 2 is 2.24 bits per heavy atom. The van der Waals surface area contributed by atoms with Crippen LogP contribution in [0, 0.1) is 11.3 Å². The fraction of sp³-hybridized carbons (Fsp3) is 0.200. The van der Waals surface area contributed by atoms with E-state index < -0.39 is 11.9 Å². The van der Waals surface area contributed by atoms with E-state index in [2.05, 4.69) is 6.07 Å². The smallest absolute Gasteiger partial charge is 0.340 e. The quantitative estimate of drug-likeness (QED) is 0.849. The van der Waals surface area contributed by atoms with Crippen molar-refractivity contribution in [3.05, 3.63) is 57.6 Å². The molecule has 1 aromatic carbocycles. The molecule has 108 valence electrons. The second kappa shape index (κ2) is 5.90. The summed E-state index contributed by atoms with van der Waals surface area (Å²) in [5.41, 5.74) is 6.88. The Kier molecular flexibility index (Phi) is 4.20. The number of carbonyl (C=O) groups is 1. The number of methoxy groups -OCH3 is 1. The van der Waals surface area contributed by atoms with E-state index >= 15 is 0 Å². The molecular formula is C15H13ClN2O3. The molecule has 5 nitrogen and oxygen atoms in total. The maximum atomic E-state index is 12.0. The number of hydrogen-bond donors (Lipinski definition) is 1. The van der Waals surface area contributed by atoms with Crippen LogP contribution < -0.4 is 5.73 Å². The highest BCUT2D eigenvalue weighted by Gasteiger charge is 2.36. The largest absolute Gasteiger partial charge is 0.465 e. The molecule has 0 amide bonds. The first-order chi connectivity index (χ1) is 9.99. The first kappa shape index (κ1) is 14.9. The van der Waals surface area contributed by atoms with Crippen LogP contribution in [0.5, 0.6) is 0 Å². The molecule has 1 atom stereocenters. The van der Waals surface area contributed by atoms with Gasteiger partial charge in [0.25, 0.3) is 0 Å². The molecule has 1 aliphatic rings. The number of benzene rings is 1. The normalized spacial score (nSPS) is 18.1. The highest BCUT2D eigenvalue weighted by Crippen LogP contribution is 2.39. The van der Waals surface area contributed by atoms with Crippen molar-refractivity contribution in [1.82, 2.24) is 0 Å². The molecule has 0 fully saturated rings. The van der Waals surface area contributed by atoms with Gasteiger partial charge in [-0.15, -0.1) is 0 Å². The molecule has 21 heavy (non-hydrogen) atoms. The van der Waals surface area contributed by atoms with Gasteiger partial charge in [0.2, 0.25) is 5.88 Å². The Labute approximate surface area is 127 Å². The van der Waals surface area contributed by atoms with Crippen LogP contribution >= 0.6 is 11.6 Å². The number of carbonyl (C=O) groups excluding carboxylic acids is 1. The van der Waals surface area contributed by atoms with Crippen LogP contribution in [-0.2, 0) is 14.3 Å². The highest BCUT2D eigenvalue weighted by atomic mass is 35.5. The average Bonchev–Trinajstić information content (AvgIpc) is 2.45. The second-order valence-electron chi connectivity index (χ2n) is 4.44. The molecule has 0 saturated carbocycles. The van der Waals surface area contributed by atoms with Crippen LogP contribution in [0.15, 0.2) is 47.1 Å². The van der Waals surface area contributed by atoms with Crippen LogP contribution in [0.25, 0.3) is 0 Å². The summed E-state index contributed by atoms with van der Waals surface area (Å²) in [4.78, 5) is 12.0. The third kappa shape index (κ3) is 2.71. The zero-order chi connectivity index (χ0) is 15.6. The number of hydrogen-bond acceptors (Lipinski definition) is 5. The van der Waals surface area contributed by atoms with Gasteiger partial charge in [-0.05, 0) is 24.6 Å². The van der Waals surface area contributed by atoms with Crippen molar-refractivity contribution in [1.29, 1.82) is 5.26 Å². The minimum absolute atomic E-state index is 0.0664. The molecule has 0 aliphatic carbocycles. The van der Waals surface area contributed by atoms with Gasteiger partial charge >= 0.3 is 5.97 Å². The molecule has 1 aliphatic heterocycles. The lowest BCUT2D eigenvalue weighted by atomic mass is 9.83. The monoisotopic (exact) mass is 304 g/mol. The summed E-state index contributed by atoms with van der Waals surface area (Å²) in [5, 5.41) is 9.88. The molecule has 0 saturated heterocycles. The summed E-state index contributed by atoms with van der Waals surface area (Å²) >= 11 is 6.00. The zero-order valence-electron chi connectivity index (χ0n) is 11.5. The van der Waals surface area contributed by atoms with Gasteiger partial charge in [0.15, 0.2) is 0 Å². The molecule has 0 bridgehead atoms. The molecule has 1 heterocycles. The van der Waals surface area contributed by atoms with Gasteiger partial charge in [0, 0.05) is 5.02 Å². The summed E-state index contributed by atoms with van der Waals surface area (Å²) in [6.07, 6.45) is 0. The van der Waals surface area contributed by atoms with Gasteiger partial charge in [-0.1, -0.05) is 23.7 Å². The van der Waals surface area contributed by atoms with Crippen LogP contribution in [-0.4, -0.2) is 13.1 Å². The van der Waals surface area contributed by atoms with E-state index in [1.807, 2.05) is 0 Å². The van der Waals surface area contributed by atoms with E-state index in [9.17, 15) is 10.1 Å². The highest BCUT2D eigenvalue weighted by molar-refractivity contribution is 6.30. The van der Waals surface area contributed by atoms with Crippen LogP contribution in [0.2, 0.25) is 5.02 Å². The predicted octanol–water partition coefficient (Wildman–Crippen LogP) is 2.59. The SMILES string of the molecule is COC(=O)C1=C(N)OC(C)=C(C#N)[C@@H]1c1cccc(Cl)c1. The molecular weight excluding hydrogens is 292 g/mol. The fourth-order valence-electron chi connectivity index (χ4n) is 2.26. The minimum atomic E-state index is -0.658. The van der Waals surface area contributed by atoms with Crippen molar-refractivity contribution in [2.75, 3.05) is 7.11 Å². The van der Waals surface area contributed by atoms with E-state index in [4.69, 9.17) is 26.8 Å². The fourth-order valence-corrected chi connectivity index (χ4v) is 2.45. The average molecular weight is 305 g/mol.